The molecule has 1 unspecified atom stereocenters. The first-order valence-corrected chi connectivity index (χ1v) is 6.18. The van der Waals surface area contributed by atoms with E-state index in [-0.39, 0.29) is 0 Å². The predicted octanol–water partition coefficient (Wildman–Crippen LogP) is 1.56. The van der Waals surface area contributed by atoms with Crippen molar-refractivity contribution in [2.75, 3.05) is 7.05 Å². The van der Waals surface area contributed by atoms with Crippen LogP contribution in [0, 0.1) is 5.92 Å². The number of hydrogen-bond donors (Lipinski definition) is 1. The van der Waals surface area contributed by atoms with Crippen molar-refractivity contribution in [3.8, 4) is 0 Å². The number of nitrogens with zero attached hydrogens (tertiary/aromatic N) is 3. The van der Waals surface area contributed by atoms with Gasteiger partial charge >= 0.3 is 5.97 Å². The van der Waals surface area contributed by atoms with Crippen LogP contribution in [0.1, 0.15) is 38.9 Å². The van der Waals surface area contributed by atoms with E-state index in [9.17, 15) is 4.79 Å². The molecule has 1 aromatic heterocycles. The van der Waals surface area contributed by atoms with Gasteiger partial charge in [0.1, 0.15) is 6.04 Å². The summed E-state index contributed by atoms with van der Waals surface area (Å²) in [5.41, 5.74) is 0. The van der Waals surface area contributed by atoms with Crippen LogP contribution in [0.3, 0.4) is 0 Å². The zero-order valence-electron chi connectivity index (χ0n) is 11.4. The lowest BCUT2D eigenvalue weighted by Gasteiger charge is -2.21. The van der Waals surface area contributed by atoms with Gasteiger partial charge in [-0.2, -0.15) is 4.98 Å². The Morgan fingerprint density at radius 3 is 2.67 bits per heavy atom. The third kappa shape index (κ3) is 4.10. The third-order valence-electron chi connectivity index (χ3n) is 2.69. The first kappa shape index (κ1) is 14.6. The summed E-state index contributed by atoms with van der Waals surface area (Å²) in [7, 11) is 1.75. The molecule has 0 saturated heterocycles. The minimum atomic E-state index is -0.828. The standard InChI is InChI=1S/C12H21N3O3/c1-5-9(12(16)17)15(4)7-10-13-11(18-14-10)6-8(2)3/h8-9H,5-7H2,1-4H3,(H,16,17). The molecule has 0 aliphatic carbocycles. The molecule has 1 rings (SSSR count). The van der Waals surface area contributed by atoms with Crippen LogP contribution in [-0.4, -0.2) is 39.2 Å². The molecular weight excluding hydrogens is 234 g/mol. The van der Waals surface area contributed by atoms with Gasteiger partial charge in [0.05, 0.1) is 6.54 Å². The van der Waals surface area contributed by atoms with E-state index in [1.54, 1.807) is 11.9 Å². The van der Waals surface area contributed by atoms with Gasteiger partial charge < -0.3 is 9.63 Å². The molecule has 0 saturated carbocycles. The van der Waals surface area contributed by atoms with Gasteiger partial charge in [-0.1, -0.05) is 25.9 Å². The number of aliphatic carboxylic acids is 1. The van der Waals surface area contributed by atoms with Gasteiger partial charge in [-0.15, -0.1) is 0 Å². The zero-order chi connectivity index (χ0) is 13.7. The number of hydrogen-bond acceptors (Lipinski definition) is 5. The monoisotopic (exact) mass is 255 g/mol. The fraction of sp³-hybridized carbons (Fsp3) is 0.750. The van der Waals surface area contributed by atoms with Crippen molar-refractivity contribution in [3.63, 3.8) is 0 Å². The molecule has 1 atom stereocenters. The van der Waals surface area contributed by atoms with Crippen LogP contribution in [-0.2, 0) is 17.8 Å². The van der Waals surface area contributed by atoms with E-state index in [0.29, 0.717) is 30.6 Å². The molecule has 6 heteroatoms. The Morgan fingerprint density at radius 2 is 2.17 bits per heavy atom. The maximum atomic E-state index is 11.0. The third-order valence-corrected chi connectivity index (χ3v) is 2.69. The minimum Gasteiger partial charge on any atom is -0.480 e. The van der Waals surface area contributed by atoms with E-state index >= 15 is 0 Å². The number of carboxylic acid groups (broad SMARTS) is 1. The topological polar surface area (TPSA) is 79.5 Å². The van der Waals surface area contributed by atoms with Crippen molar-refractivity contribution in [3.05, 3.63) is 11.7 Å². The van der Waals surface area contributed by atoms with Crippen LogP contribution < -0.4 is 0 Å². The SMILES string of the molecule is CCC(C(=O)O)N(C)Cc1noc(CC(C)C)n1. The van der Waals surface area contributed by atoms with E-state index in [0.717, 1.165) is 6.42 Å². The van der Waals surface area contributed by atoms with Crippen LogP contribution in [0.15, 0.2) is 4.52 Å². The second-order valence-corrected chi connectivity index (χ2v) is 4.88. The molecule has 1 N–H and O–H groups in total. The average molecular weight is 255 g/mol. The maximum absolute atomic E-state index is 11.0. The van der Waals surface area contributed by atoms with Gasteiger partial charge in [0.15, 0.2) is 5.82 Å². The van der Waals surface area contributed by atoms with E-state index in [2.05, 4.69) is 24.0 Å². The van der Waals surface area contributed by atoms with Gasteiger partial charge in [-0.05, 0) is 19.4 Å². The fourth-order valence-electron chi connectivity index (χ4n) is 1.79. The molecule has 0 bridgehead atoms. The molecule has 0 radical (unpaired) electrons. The number of rotatable bonds is 7. The van der Waals surface area contributed by atoms with Crippen molar-refractivity contribution in [2.45, 2.75) is 46.2 Å². The smallest absolute Gasteiger partial charge is 0.320 e. The second kappa shape index (κ2) is 6.49. The van der Waals surface area contributed by atoms with Gasteiger partial charge in [-0.25, -0.2) is 0 Å². The minimum absolute atomic E-state index is 0.381. The van der Waals surface area contributed by atoms with E-state index in [1.165, 1.54) is 0 Å². The lowest BCUT2D eigenvalue weighted by atomic mass is 10.1. The predicted molar refractivity (Wildman–Crippen MR) is 66.0 cm³/mol. The van der Waals surface area contributed by atoms with E-state index in [4.69, 9.17) is 9.63 Å². The number of carbonyl (C=O) groups is 1. The van der Waals surface area contributed by atoms with Gasteiger partial charge in [0.2, 0.25) is 5.89 Å². The molecule has 0 aliphatic rings. The maximum Gasteiger partial charge on any atom is 0.320 e. The molecule has 0 spiro atoms. The van der Waals surface area contributed by atoms with Crippen LogP contribution in [0.2, 0.25) is 0 Å². The molecule has 0 amide bonds. The lowest BCUT2D eigenvalue weighted by Crippen LogP contribution is -2.37. The van der Waals surface area contributed by atoms with Crippen molar-refractivity contribution < 1.29 is 14.4 Å². The normalized spacial score (nSPS) is 13.2. The number of likely N-dealkylation sites (N-methyl/N-ethyl adjacent to an activating group) is 1. The van der Waals surface area contributed by atoms with Gasteiger partial charge in [-0.3, -0.25) is 9.69 Å². The molecule has 18 heavy (non-hydrogen) atoms. The van der Waals surface area contributed by atoms with Crippen LogP contribution >= 0.6 is 0 Å². The Balaban J connectivity index is 2.61. The second-order valence-electron chi connectivity index (χ2n) is 4.88. The summed E-state index contributed by atoms with van der Waals surface area (Å²) in [5, 5.41) is 12.9. The number of carboxylic acids is 1. The highest BCUT2D eigenvalue weighted by atomic mass is 16.5. The largest absolute Gasteiger partial charge is 0.480 e. The molecule has 6 nitrogen and oxygen atoms in total. The van der Waals surface area contributed by atoms with Crippen molar-refractivity contribution in [1.29, 1.82) is 0 Å². The highest BCUT2D eigenvalue weighted by molar-refractivity contribution is 5.73. The molecule has 102 valence electrons. The van der Waals surface area contributed by atoms with Crippen LogP contribution in [0.4, 0.5) is 0 Å². The zero-order valence-corrected chi connectivity index (χ0v) is 11.4. The summed E-state index contributed by atoms with van der Waals surface area (Å²) in [6.07, 6.45) is 1.29. The first-order chi connectivity index (χ1) is 8.43. The highest BCUT2D eigenvalue weighted by Gasteiger charge is 2.22. The van der Waals surface area contributed by atoms with Crippen molar-refractivity contribution in [1.82, 2.24) is 15.0 Å². The molecule has 1 aromatic rings. The van der Waals surface area contributed by atoms with E-state index in [1.807, 2.05) is 6.92 Å². The Morgan fingerprint density at radius 1 is 1.50 bits per heavy atom. The molecule has 0 fully saturated rings. The highest BCUT2D eigenvalue weighted by Crippen LogP contribution is 2.09. The summed E-state index contributed by atoms with van der Waals surface area (Å²) < 4.78 is 5.12. The molecule has 0 aliphatic heterocycles. The molecular formula is C12H21N3O3. The Bertz CT molecular complexity index is 390. The summed E-state index contributed by atoms with van der Waals surface area (Å²) in [6.45, 7) is 6.38. The Hall–Kier alpha value is -1.43. The van der Waals surface area contributed by atoms with Crippen LogP contribution in [0.25, 0.3) is 0 Å². The average Bonchev–Trinajstić information content (AvgIpc) is 2.64. The number of aromatic nitrogens is 2. The Kier molecular flexibility index (Phi) is 5.27. The summed E-state index contributed by atoms with van der Waals surface area (Å²) in [6, 6.07) is -0.517. The molecule has 1 heterocycles. The fourth-order valence-corrected chi connectivity index (χ4v) is 1.79. The van der Waals surface area contributed by atoms with Crippen molar-refractivity contribution in [2.24, 2.45) is 5.92 Å². The summed E-state index contributed by atoms with van der Waals surface area (Å²) in [4.78, 5) is 17.0. The van der Waals surface area contributed by atoms with Gasteiger partial charge in [0, 0.05) is 6.42 Å². The van der Waals surface area contributed by atoms with Crippen LogP contribution in [0.5, 0.6) is 0 Å². The Labute approximate surface area is 107 Å². The molecule has 0 aromatic carbocycles. The first-order valence-electron chi connectivity index (χ1n) is 6.18. The van der Waals surface area contributed by atoms with Gasteiger partial charge in [0.25, 0.3) is 0 Å². The lowest BCUT2D eigenvalue weighted by molar-refractivity contribution is -0.143. The summed E-state index contributed by atoms with van der Waals surface area (Å²) >= 11 is 0. The van der Waals surface area contributed by atoms with Crippen molar-refractivity contribution >= 4 is 5.97 Å². The summed E-state index contributed by atoms with van der Waals surface area (Å²) in [5.74, 6) is 0.772. The van der Waals surface area contributed by atoms with E-state index < -0.39 is 12.0 Å². The quantitative estimate of drug-likeness (QED) is 0.796.